The summed E-state index contributed by atoms with van der Waals surface area (Å²) in [5.74, 6) is -1.06. The SMILES string of the molecule is CCN(CC(=O)O)C1CC(NC(=O)c2cn(Cc3cccs3)nn2)C1. The van der Waals surface area contributed by atoms with Gasteiger partial charge in [-0.3, -0.25) is 14.5 Å². The Morgan fingerprint density at radius 1 is 1.48 bits per heavy atom. The highest BCUT2D eigenvalue weighted by molar-refractivity contribution is 7.09. The lowest BCUT2D eigenvalue weighted by Gasteiger charge is -2.42. The van der Waals surface area contributed by atoms with Gasteiger partial charge in [0.15, 0.2) is 5.69 Å². The van der Waals surface area contributed by atoms with E-state index in [1.54, 1.807) is 22.2 Å². The first-order valence-electron chi connectivity index (χ1n) is 8.24. The molecule has 8 nitrogen and oxygen atoms in total. The fourth-order valence-electron chi connectivity index (χ4n) is 2.98. The molecule has 2 N–H and O–H groups in total. The van der Waals surface area contributed by atoms with Crippen molar-refractivity contribution in [3.63, 3.8) is 0 Å². The van der Waals surface area contributed by atoms with Crippen molar-refractivity contribution < 1.29 is 14.7 Å². The fourth-order valence-corrected chi connectivity index (χ4v) is 3.67. The number of carboxylic acids is 1. The van der Waals surface area contributed by atoms with Gasteiger partial charge in [-0.25, -0.2) is 4.68 Å². The maximum atomic E-state index is 12.3. The number of hydrogen-bond donors (Lipinski definition) is 2. The summed E-state index contributed by atoms with van der Waals surface area (Å²) >= 11 is 1.63. The first kappa shape index (κ1) is 17.6. The molecular weight excluding hydrogens is 342 g/mol. The van der Waals surface area contributed by atoms with E-state index in [2.05, 4.69) is 15.6 Å². The third-order valence-corrected chi connectivity index (χ3v) is 5.24. The van der Waals surface area contributed by atoms with E-state index in [9.17, 15) is 9.59 Å². The number of carboxylic acid groups (broad SMARTS) is 1. The van der Waals surface area contributed by atoms with Crippen LogP contribution in [0.1, 0.15) is 35.1 Å². The van der Waals surface area contributed by atoms with E-state index in [0.717, 1.165) is 17.7 Å². The van der Waals surface area contributed by atoms with Crippen LogP contribution in [0.5, 0.6) is 0 Å². The summed E-state index contributed by atoms with van der Waals surface area (Å²) in [6.07, 6.45) is 3.17. The molecule has 0 spiro atoms. The topological polar surface area (TPSA) is 100 Å². The Kier molecular flexibility index (Phi) is 5.44. The number of thiophene rings is 1. The second kappa shape index (κ2) is 7.75. The summed E-state index contributed by atoms with van der Waals surface area (Å²) in [5, 5.41) is 21.8. The average molecular weight is 363 g/mol. The van der Waals surface area contributed by atoms with Crippen LogP contribution in [0, 0.1) is 0 Å². The molecule has 2 aromatic rings. The predicted molar refractivity (Wildman–Crippen MR) is 92.6 cm³/mol. The summed E-state index contributed by atoms with van der Waals surface area (Å²) in [7, 11) is 0. The first-order chi connectivity index (χ1) is 12.0. The number of likely N-dealkylation sites (N-methyl/N-ethyl adjacent to an activating group) is 1. The van der Waals surface area contributed by atoms with E-state index < -0.39 is 5.97 Å². The number of hydrogen-bond acceptors (Lipinski definition) is 6. The first-order valence-corrected chi connectivity index (χ1v) is 9.12. The van der Waals surface area contributed by atoms with E-state index in [1.807, 2.05) is 29.3 Å². The van der Waals surface area contributed by atoms with Crippen LogP contribution in [0.25, 0.3) is 0 Å². The maximum absolute atomic E-state index is 12.3. The number of aliphatic carboxylic acids is 1. The van der Waals surface area contributed by atoms with Crippen molar-refractivity contribution in [3.8, 4) is 0 Å². The summed E-state index contributed by atoms with van der Waals surface area (Å²) < 4.78 is 1.65. The van der Waals surface area contributed by atoms with Crippen LogP contribution < -0.4 is 5.32 Å². The summed E-state index contributed by atoms with van der Waals surface area (Å²) in [6.45, 7) is 3.28. The molecule has 0 saturated heterocycles. The van der Waals surface area contributed by atoms with Gasteiger partial charge in [-0.1, -0.05) is 18.2 Å². The molecule has 1 saturated carbocycles. The van der Waals surface area contributed by atoms with Gasteiger partial charge in [0.2, 0.25) is 0 Å². The highest BCUT2D eigenvalue weighted by atomic mass is 32.1. The molecule has 1 aliphatic carbocycles. The molecule has 0 aromatic carbocycles. The molecule has 0 unspecified atom stereocenters. The molecular formula is C16H21N5O3S. The standard InChI is InChI=1S/C16H21N5O3S/c1-2-20(10-15(22)23)12-6-11(7-12)17-16(24)14-9-21(19-18-14)8-13-4-3-5-25-13/h3-5,9,11-12H,2,6-8,10H2,1H3,(H,17,24)(H,22,23). The van der Waals surface area contributed by atoms with Crippen molar-refractivity contribution >= 4 is 23.2 Å². The van der Waals surface area contributed by atoms with Crippen molar-refractivity contribution in [1.82, 2.24) is 25.2 Å². The molecule has 0 atom stereocenters. The van der Waals surface area contributed by atoms with Crippen LogP contribution >= 0.6 is 11.3 Å². The fraction of sp³-hybridized carbons (Fsp3) is 0.500. The number of carbonyl (C=O) groups excluding carboxylic acids is 1. The molecule has 2 aromatic heterocycles. The number of rotatable bonds is 8. The van der Waals surface area contributed by atoms with Gasteiger partial charge in [-0.2, -0.15) is 0 Å². The monoisotopic (exact) mass is 363 g/mol. The highest BCUT2D eigenvalue weighted by Gasteiger charge is 2.35. The molecule has 0 bridgehead atoms. The Bertz CT molecular complexity index is 724. The lowest BCUT2D eigenvalue weighted by atomic mass is 9.85. The lowest BCUT2D eigenvalue weighted by molar-refractivity contribution is -0.139. The van der Waals surface area contributed by atoms with Gasteiger partial charge >= 0.3 is 5.97 Å². The molecule has 1 fully saturated rings. The minimum Gasteiger partial charge on any atom is -0.480 e. The summed E-state index contributed by atoms with van der Waals surface area (Å²) in [5.41, 5.74) is 0.304. The lowest BCUT2D eigenvalue weighted by Crippen LogP contribution is -2.54. The Balaban J connectivity index is 1.47. The largest absolute Gasteiger partial charge is 0.480 e. The Hall–Kier alpha value is -2.26. The van der Waals surface area contributed by atoms with Gasteiger partial charge in [-0.05, 0) is 30.8 Å². The van der Waals surface area contributed by atoms with Crippen molar-refractivity contribution in [1.29, 1.82) is 0 Å². The van der Waals surface area contributed by atoms with Crippen LogP contribution in [0.3, 0.4) is 0 Å². The smallest absolute Gasteiger partial charge is 0.317 e. The number of amides is 1. The van der Waals surface area contributed by atoms with E-state index in [1.165, 1.54) is 0 Å². The molecule has 9 heteroatoms. The van der Waals surface area contributed by atoms with Crippen molar-refractivity contribution in [3.05, 3.63) is 34.3 Å². The zero-order valence-electron chi connectivity index (χ0n) is 14.0. The number of nitrogens with one attached hydrogen (secondary N) is 1. The van der Waals surface area contributed by atoms with Crippen molar-refractivity contribution in [2.24, 2.45) is 0 Å². The zero-order chi connectivity index (χ0) is 17.8. The van der Waals surface area contributed by atoms with Crippen LogP contribution in [-0.2, 0) is 11.3 Å². The molecule has 25 heavy (non-hydrogen) atoms. The predicted octanol–water partition coefficient (Wildman–Crippen LogP) is 1.06. The number of carbonyl (C=O) groups is 2. The van der Waals surface area contributed by atoms with Gasteiger partial charge in [-0.15, -0.1) is 16.4 Å². The minimum atomic E-state index is -0.823. The highest BCUT2D eigenvalue weighted by Crippen LogP contribution is 2.25. The van der Waals surface area contributed by atoms with Gasteiger partial charge in [0.05, 0.1) is 19.3 Å². The maximum Gasteiger partial charge on any atom is 0.317 e. The van der Waals surface area contributed by atoms with Crippen LogP contribution in [0.15, 0.2) is 23.7 Å². The number of aromatic nitrogens is 3. The Labute approximate surface area is 149 Å². The molecule has 134 valence electrons. The normalized spacial score (nSPS) is 19.6. The number of nitrogens with zero attached hydrogens (tertiary/aromatic N) is 4. The average Bonchev–Trinajstić information content (AvgIpc) is 3.20. The Morgan fingerprint density at radius 2 is 2.28 bits per heavy atom. The summed E-state index contributed by atoms with van der Waals surface area (Å²) in [6, 6.07) is 4.25. The van der Waals surface area contributed by atoms with E-state index in [-0.39, 0.29) is 24.5 Å². The zero-order valence-corrected chi connectivity index (χ0v) is 14.8. The van der Waals surface area contributed by atoms with Gasteiger partial charge in [0.25, 0.3) is 5.91 Å². The second-order valence-electron chi connectivity index (χ2n) is 6.13. The third kappa shape index (κ3) is 4.43. The van der Waals surface area contributed by atoms with Gasteiger partial charge < -0.3 is 10.4 Å². The third-order valence-electron chi connectivity index (χ3n) is 4.38. The quantitative estimate of drug-likeness (QED) is 0.727. The molecule has 1 aliphatic rings. The molecule has 1 amide bonds. The van der Waals surface area contributed by atoms with Crippen LogP contribution in [0.4, 0.5) is 0 Å². The Morgan fingerprint density at radius 3 is 2.92 bits per heavy atom. The van der Waals surface area contributed by atoms with E-state index in [0.29, 0.717) is 18.8 Å². The molecule has 2 heterocycles. The molecule has 0 radical (unpaired) electrons. The van der Waals surface area contributed by atoms with E-state index in [4.69, 9.17) is 5.11 Å². The molecule has 0 aliphatic heterocycles. The van der Waals surface area contributed by atoms with Crippen LogP contribution in [-0.4, -0.2) is 62.0 Å². The van der Waals surface area contributed by atoms with E-state index >= 15 is 0 Å². The minimum absolute atomic E-state index is 0.0406. The molecule has 3 rings (SSSR count). The van der Waals surface area contributed by atoms with Crippen molar-refractivity contribution in [2.75, 3.05) is 13.1 Å². The van der Waals surface area contributed by atoms with Crippen molar-refractivity contribution in [2.45, 2.75) is 38.4 Å². The summed E-state index contributed by atoms with van der Waals surface area (Å²) in [4.78, 5) is 26.2. The van der Waals surface area contributed by atoms with Crippen LogP contribution in [0.2, 0.25) is 0 Å². The second-order valence-corrected chi connectivity index (χ2v) is 7.17. The van der Waals surface area contributed by atoms with Gasteiger partial charge in [0.1, 0.15) is 0 Å². The van der Waals surface area contributed by atoms with Gasteiger partial charge in [0, 0.05) is 17.0 Å².